The molecule has 0 fully saturated rings. The first-order valence-electron chi connectivity index (χ1n) is 7.66. The van der Waals surface area contributed by atoms with Crippen molar-refractivity contribution in [2.45, 2.75) is 25.2 Å². The van der Waals surface area contributed by atoms with Crippen LogP contribution in [-0.2, 0) is 16.4 Å². The molecular formula is C18H19NO4S. The summed E-state index contributed by atoms with van der Waals surface area (Å²) in [7, 11) is -2.10. The number of carbonyl (C=O) groups is 1. The summed E-state index contributed by atoms with van der Waals surface area (Å²) in [5.41, 5.74) is 2.78. The van der Waals surface area contributed by atoms with E-state index in [1.54, 1.807) is 50.4 Å². The van der Waals surface area contributed by atoms with Gasteiger partial charge in [-0.25, -0.2) is 8.42 Å². The van der Waals surface area contributed by atoms with Crippen LogP contribution < -0.4 is 9.04 Å². The summed E-state index contributed by atoms with van der Waals surface area (Å²) in [6.07, 6.45) is 0.602. The Morgan fingerprint density at radius 1 is 1.17 bits per heavy atom. The van der Waals surface area contributed by atoms with Crippen LogP contribution in [0.25, 0.3) is 0 Å². The number of methoxy groups -OCH3 is 1. The fraction of sp³-hybridized carbons (Fsp3) is 0.278. The Kier molecular flexibility index (Phi) is 4.09. The van der Waals surface area contributed by atoms with Gasteiger partial charge in [-0.05, 0) is 67.8 Å². The molecule has 24 heavy (non-hydrogen) atoms. The van der Waals surface area contributed by atoms with Crippen LogP contribution in [0.3, 0.4) is 0 Å². The molecule has 1 aliphatic rings. The molecule has 0 aromatic heterocycles. The predicted molar refractivity (Wildman–Crippen MR) is 92.4 cm³/mol. The van der Waals surface area contributed by atoms with E-state index in [-0.39, 0.29) is 10.7 Å². The lowest BCUT2D eigenvalue weighted by Gasteiger charge is -2.21. The van der Waals surface area contributed by atoms with Gasteiger partial charge in [0.15, 0.2) is 5.78 Å². The molecule has 0 saturated carbocycles. The summed E-state index contributed by atoms with van der Waals surface area (Å²) in [4.78, 5) is 11.8. The van der Waals surface area contributed by atoms with Crippen molar-refractivity contribution in [2.24, 2.45) is 0 Å². The first kappa shape index (κ1) is 16.5. The van der Waals surface area contributed by atoms with Gasteiger partial charge < -0.3 is 4.74 Å². The number of sulfonamides is 1. The summed E-state index contributed by atoms with van der Waals surface area (Å²) in [6, 6.07) is 10.1. The molecule has 5 nitrogen and oxygen atoms in total. The Balaban J connectivity index is 2.03. The van der Waals surface area contributed by atoms with Gasteiger partial charge in [0.05, 0.1) is 17.7 Å². The molecule has 0 atom stereocenters. The maximum Gasteiger partial charge on any atom is 0.264 e. The van der Waals surface area contributed by atoms with Gasteiger partial charge in [0, 0.05) is 12.1 Å². The highest BCUT2D eigenvalue weighted by Crippen LogP contribution is 2.35. The fourth-order valence-corrected chi connectivity index (χ4v) is 4.71. The molecule has 0 unspecified atom stereocenters. The van der Waals surface area contributed by atoms with Crippen LogP contribution in [0.15, 0.2) is 41.3 Å². The van der Waals surface area contributed by atoms with Gasteiger partial charge in [0.25, 0.3) is 10.0 Å². The molecule has 0 N–H and O–H groups in total. The molecule has 1 heterocycles. The normalized spacial score (nSPS) is 13.7. The Hall–Kier alpha value is -2.34. The van der Waals surface area contributed by atoms with Crippen molar-refractivity contribution in [3.63, 3.8) is 0 Å². The standard InChI is InChI=1S/C18H19NO4S/c1-12-10-16(23-3)5-7-18(12)24(21,22)19-9-8-15-11-14(13(2)20)4-6-17(15)19/h4-7,10-11H,8-9H2,1-3H3. The lowest BCUT2D eigenvalue weighted by Crippen LogP contribution is -2.29. The molecule has 6 heteroatoms. The summed E-state index contributed by atoms with van der Waals surface area (Å²) >= 11 is 0. The number of nitrogens with zero attached hydrogens (tertiary/aromatic N) is 1. The third-order valence-corrected chi connectivity index (χ3v) is 6.26. The van der Waals surface area contributed by atoms with Crippen molar-refractivity contribution in [1.82, 2.24) is 0 Å². The smallest absolute Gasteiger partial charge is 0.264 e. The van der Waals surface area contributed by atoms with Crippen molar-refractivity contribution < 1.29 is 17.9 Å². The molecule has 0 aliphatic carbocycles. The number of hydrogen-bond donors (Lipinski definition) is 0. The third-order valence-electron chi connectivity index (χ3n) is 4.29. The van der Waals surface area contributed by atoms with Crippen molar-refractivity contribution in [2.75, 3.05) is 18.0 Å². The van der Waals surface area contributed by atoms with Gasteiger partial charge in [0.2, 0.25) is 0 Å². The summed E-state index contributed by atoms with van der Waals surface area (Å²) < 4.78 is 32.7. The topological polar surface area (TPSA) is 63.7 Å². The van der Waals surface area contributed by atoms with E-state index in [9.17, 15) is 13.2 Å². The molecule has 0 bridgehead atoms. The van der Waals surface area contributed by atoms with Crippen LogP contribution in [-0.4, -0.2) is 27.9 Å². The van der Waals surface area contributed by atoms with E-state index < -0.39 is 10.0 Å². The van der Waals surface area contributed by atoms with Gasteiger partial charge in [-0.3, -0.25) is 9.10 Å². The summed E-state index contributed by atoms with van der Waals surface area (Å²) in [6.45, 7) is 3.64. The fourth-order valence-electron chi connectivity index (χ4n) is 3.00. The Bertz CT molecular complexity index is 919. The van der Waals surface area contributed by atoms with Crippen LogP contribution >= 0.6 is 0 Å². The highest BCUT2D eigenvalue weighted by molar-refractivity contribution is 7.93. The number of anilines is 1. The zero-order chi connectivity index (χ0) is 17.5. The predicted octanol–water partition coefficient (Wildman–Crippen LogP) is 2.96. The van der Waals surface area contributed by atoms with Gasteiger partial charge >= 0.3 is 0 Å². The molecule has 0 spiro atoms. The van der Waals surface area contributed by atoms with Crippen LogP contribution in [0.1, 0.15) is 28.4 Å². The minimum atomic E-state index is -3.65. The van der Waals surface area contributed by atoms with Crippen molar-refractivity contribution in [1.29, 1.82) is 0 Å². The van der Waals surface area contributed by atoms with Crippen LogP contribution in [0.5, 0.6) is 5.75 Å². The monoisotopic (exact) mass is 345 g/mol. The number of Topliss-reactive ketones (excluding diaryl/α,β-unsaturated/α-hetero) is 1. The zero-order valence-corrected chi connectivity index (χ0v) is 14.7. The third kappa shape index (κ3) is 2.67. The molecule has 1 aliphatic heterocycles. The van der Waals surface area contributed by atoms with Crippen molar-refractivity contribution >= 4 is 21.5 Å². The minimum absolute atomic E-state index is 0.0231. The molecule has 3 rings (SSSR count). The van der Waals surface area contributed by atoms with E-state index in [0.717, 1.165) is 5.56 Å². The first-order chi connectivity index (χ1) is 11.3. The first-order valence-corrected chi connectivity index (χ1v) is 9.10. The van der Waals surface area contributed by atoms with E-state index in [4.69, 9.17) is 4.74 Å². The lowest BCUT2D eigenvalue weighted by atomic mass is 10.1. The number of ether oxygens (including phenoxy) is 1. The van der Waals surface area contributed by atoms with E-state index in [2.05, 4.69) is 0 Å². The molecule has 0 amide bonds. The Morgan fingerprint density at radius 3 is 2.54 bits per heavy atom. The van der Waals surface area contributed by atoms with Crippen LogP contribution in [0, 0.1) is 6.92 Å². The quantitative estimate of drug-likeness (QED) is 0.799. The summed E-state index contributed by atoms with van der Waals surface area (Å²) in [5, 5.41) is 0. The van der Waals surface area contributed by atoms with E-state index in [0.29, 0.717) is 35.5 Å². The van der Waals surface area contributed by atoms with Crippen LogP contribution in [0.2, 0.25) is 0 Å². The summed E-state index contributed by atoms with van der Waals surface area (Å²) in [5.74, 6) is 0.601. The average Bonchev–Trinajstić information content (AvgIpc) is 2.98. The highest BCUT2D eigenvalue weighted by Gasteiger charge is 2.32. The number of rotatable bonds is 4. The Labute approximate surface area is 141 Å². The number of benzene rings is 2. The van der Waals surface area contributed by atoms with Crippen molar-refractivity contribution in [3.05, 3.63) is 53.1 Å². The lowest BCUT2D eigenvalue weighted by molar-refractivity contribution is 0.101. The molecule has 2 aromatic carbocycles. The number of fused-ring (bicyclic) bond motifs is 1. The molecule has 2 aromatic rings. The number of ketones is 1. The molecule has 0 saturated heterocycles. The van der Waals surface area contributed by atoms with E-state index in [1.165, 1.54) is 11.2 Å². The van der Waals surface area contributed by atoms with Gasteiger partial charge in [-0.2, -0.15) is 0 Å². The second-order valence-electron chi connectivity index (χ2n) is 5.86. The molecular weight excluding hydrogens is 326 g/mol. The van der Waals surface area contributed by atoms with E-state index in [1.807, 2.05) is 0 Å². The number of carbonyl (C=O) groups excluding carboxylic acids is 1. The van der Waals surface area contributed by atoms with Gasteiger partial charge in [0.1, 0.15) is 5.75 Å². The van der Waals surface area contributed by atoms with Gasteiger partial charge in [-0.15, -0.1) is 0 Å². The maximum atomic E-state index is 13.1. The van der Waals surface area contributed by atoms with Crippen molar-refractivity contribution in [3.8, 4) is 5.75 Å². The molecule has 0 radical (unpaired) electrons. The zero-order valence-electron chi connectivity index (χ0n) is 13.9. The highest BCUT2D eigenvalue weighted by atomic mass is 32.2. The largest absolute Gasteiger partial charge is 0.497 e. The second-order valence-corrected chi connectivity index (χ2v) is 7.69. The Morgan fingerprint density at radius 2 is 1.92 bits per heavy atom. The second kappa shape index (κ2) is 5.94. The SMILES string of the molecule is COc1ccc(S(=O)(=O)N2CCc3cc(C(C)=O)ccc32)c(C)c1. The minimum Gasteiger partial charge on any atom is -0.497 e. The number of hydrogen-bond acceptors (Lipinski definition) is 4. The maximum absolute atomic E-state index is 13.1. The average molecular weight is 345 g/mol. The molecule has 126 valence electrons. The number of aryl methyl sites for hydroxylation is 1. The van der Waals surface area contributed by atoms with Crippen LogP contribution in [0.4, 0.5) is 5.69 Å². The van der Waals surface area contributed by atoms with Gasteiger partial charge in [-0.1, -0.05) is 0 Å². The van der Waals surface area contributed by atoms with E-state index >= 15 is 0 Å².